The highest BCUT2D eigenvalue weighted by Crippen LogP contribution is 2.28. The monoisotopic (exact) mass is 432 g/mol. The number of nitrogens with zero attached hydrogens (tertiary/aromatic N) is 4. The Hall–Kier alpha value is -1.71. The average Bonchev–Trinajstić information content (AvgIpc) is 3.55. The lowest BCUT2D eigenvalue weighted by atomic mass is 10.1. The van der Waals surface area contributed by atoms with Crippen LogP contribution in [0, 0.1) is 5.92 Å². The van der Waals surface area contributed by atoms with Gasteiger partial charge in [0.15, 0.2) is 0 Å². The van der Waals surface area contributed by atoms with Crippen LogP contribution >= 0.6 is 0 Å². The zero-order chi connectivity index (χ0) is 20.6. The Kier molecular flexibility index (Phi) is 5.68. The van der Waals surface area contributed by atoms with E-state index in [4.69, 9.17) is 0 Å². The van der Waals surface area contributed by atoms with E-state index < -0.39 is 10.0 Å². The van der Waals surface area contributed by atoms with Gasteiger partial charge in [-0.15, -0.1) is 0 Å². The predicted octanol–water partition coefficient (Wildman–Crippen LogP) is 2.28. The van der Waals surface area contributed by atoms with Crippen LogP contribution in [0.25, 0.3) is 0 Å². The molecule has 0 atom stereocenters. The lowest BCUT2D eigenvalue weighted by Crippen LogP contribution is -2.26. The summed E-state index contributed by atoms with van der Waals surface area (Å²) in [5.74, 6) is 0.889. The number of aromatic nitrogens is 4. The van der Waals surface area contributed by atoms with E-state index in [9.17, 15) is 8.42 Å². The second-order valence-corrected chi connectivity index (χ2v) is 11.2. The van der Waals surface area contributed by atoms with Crippen molar-refractivity contribution in [3.63, 3.8) is 0 Å². The van der Waals surface area contributed by atoms with Gasteiger partial charge in [-0.05, 0) is 31.6 Å². The van der Waals surface area contributed by atoms with E-state index in [-0.39, 0.29) is 5.25 Å². The van der Waals surface area contributed by atoms with Crippen molar-refractivity contribution in [2.24, 2.45) is 5.92 Å². The van der Waals surface area contributed by atoms with Gasteiger partial charge < -0.3 is 10.6 Å². The Morgan fingerprint density at radius 2 is 1.63 bits per heavy atom. The van der Waals surface area contributed by atoms with Gasteiger partial charge in [-0.1, -0.05) is 25.7 Å². The number of hydrogen-bond acceptors (Lipinski definition) is 6. The molecule has 0 saturated heterocycles. The fourth-order valence-corrected chi connectivity index (χ4v) is 6.93. The van der Waals surface area contributed by atoms with Crippen LogP contribution < -0.4 is 10.6 Å². The molecule has 164 valence electrons. The first-order valence-corrected chi connectivity index (χ1v) is 12.9. The van der Waals surface area contributed by atoms with Crippen LogP contribution in [-0.2, 0) is 42.7 Å². The molecule has 9 heteroatoms. The highest BCUT2D eigenvalue weighted by Gasteiger charge is 2.32. The zero-order valence-corrected chi connectivity index (χ0v) is 18.3. The van der Waals surface area contributed by atoms with Crippen molar-refractivity contribution in [3.05, 3.63) is 34.9 Å². The highest BCUT2D eigenvalue weighted by atomic mass is 32.2. The molecule has 2 aliphatic heterocycles. The Bertz CT molecular complexity index is 962. The molecule has 2 saturated carbocycles. The van der Waals surface area contributed by atoms with Gasteiger partial charge in [-0.2, -0.15) is 14.3 Å². The van der Waals surface area contributed by atoms with Gasteiger partial charge in [0.25, 0.3) is 10.0 Å². The zero-order valence-electron chi connectivity index (χ0n) is 17.5. The summed E-state index contributed by atoms with van der Waals surface area (Å²) in [5.41, 5.74) is 4.73. The Morgan fingerprint density at radius 3 is 2.40 bits per heavy atom. The van der Waals surface area contributed by atoms with Crippen LogP contribution in [-0.4, -0.2) is 32.6 Å². The van der Waals surface area contributed by atoms with Crippen LogP contribution in [0.1, 0.15) is 73.9 Å². The van der Waals surface area contributed by atoms with Crippen molar-refractivity contribution in [3.8, 4) is 0 Å². The molecule has 8 nitrogen and oxygen atoms in total. The maximum absolute atomic E-state index is 12.2. The summed E-state index contributed by atoms with van der Waals surface area (Å²) in [6, 6.07) is 0. The van der Waals surface area contributed by atoms with E-state index in [0.29, 0.717) is 6.54 Å². The first kappa shape index (κ1) is 20.2. The van der Waals surface area contributed by atoms with Crippen LogP contribution in [0.2, 0.25) is 0 Å². The van der Waals surface area contributed by atoms with E-state index in [1.165, 1.54) is 41.0 Å². The molecular formula is C21H32N6O2S. The van der Waals surface area contributed by atoms with E-state index in [1.807, 2.05) is 6.20 Å². The van der Waals surface area contributed by atoms with E-state index in [1.54, 1.807) is 6.20 Å². The SMILES string of the molecule is O=S(=O)(C1CCCC1)n1cc2c(n1)CNC2.c1nn(CC2CCCC2)c2c1CNC2. The van der Waals surface area contributed by atoms with Crippen LogP contribution in [0.5, 0.6) is 0 Å². The average molecular weight is 433 g/mol. The molecule has 2 N–H and O–H groups in total. The van der Waals surface area contributed by atoms with Gasteiger partial charge in [-0.3, -0.25) is 4.68 Å². The number of fused-ring (bicyclic) bond motifs is 2. The molecule has 2 aliphatic carbocycles. The Labute approximate surface area is 178 Å². The van der Waals surface area contributed by atoms with Crippen molar-refractivity contribution in [1.82, 2.24) is 29.6 Å². The molecule has 0 unspecified atom stereocenters. The quantitative estimate of drug-likeness (QED) is 0.770. The third-order valence-electron chi connectivity index (χ3n) is 7.00. The summed E-state index contributed by atoms with van der Waals surface area (Å²) >= 11 is 0. The van der Waals surface area contributed by atoms with Gasteiger partial charge in [0.05, 0.1) is 22.8 Å². The van der Waals surface area contributed by atoms with Crippen LogP contribution in [0.3, 0.4) is 0 Å². The summed E-state index contributed by atoms with van der Waals surface area (Å²) in [6.45, 7) is 4.59. The molecule has 30 heavy (non-hydrogen) atoms. The molecule has 2 fully saturated rings. The molecule has 4 aliphatic rings. The molecule has 2 aromatic rings. The van der Waals surface area contributed by atoms with Crippen molar-refractivity contribution in [2.75, 3.05) is 0 Å². The van der Waals surface area contributed by atoms with E-state index in [0.717, 1.165) is 69.0 Å². The summed E-state index contributed by atoms with van der Waals surface area (Å²) in [6.07, 6.45) is 13.0. The van der Waals surface area contributed by atoms with Gasteiger partial charge in [0, 0.05) is 50.0 Å². The number of hydrogen-bond donors (Lipinski definition) is 2. The Morgan fingerprint density at radius 1 is 0.933 bits per heavy atom. The molecule has 6 rings (SSSR count). The van der Waals surface area contributed by atoms with Crippen molar-refractivity contribution >= 4 is 10.0 Å². The maximum atomic E-state index is 12.2. The second-order valence-electron chi connectivity index (χ2n) is 9.08. The summed E-state index contributed by atoms with van der Waals surface area (Å²) in [4.78, 5) is 0. The normalized spacial score (nSPS) is 21.6. The molecule has 4 heterocycles. The standard InChI is InChI=1S/C11H17N3.C10H15N3O2S/c1-2-4-9(3-1)8-14-11-7-12-5-10(11)6-13-14;14-16(15,9-3-1-2-4-9)13-7-8-5-11-6-10(8)12-13/h6,9,12H,1-5,7-8H2;7,9,11H,1-6H2. The van der Waals surface area contributed by atoms with Crippen molar-refractivity contribution < 1.29 is 8.42 Å². The van der Waals surface area contributed by atoms with Crippen LogP contribution in [0.15, 0.2) is 12.4 Å². The van der Waals surface area contributed by atoms with E-state index in [2.05, 4.69) is 25.5 Å². The fraction of sp³-hybridized carbons (Fsp3) is 0.714. The first-order chi connectivity index (χ1) is 14.6. The molecule has 2 aromatic heterocycles. The second kappa shape index (κ2) is 8.43. The maximum Gasteiger partial charge on any atom is 0.256 e. The minimum absolute atomic E-state index is 0.222. The molecule has 0 amide bonds. The van der Waals surface area contributed by atoms with Crippen LogP contribution in [0.4, 0.5) is 0 Å². The smallest absolute Gasteiger partial charge is 0.256 e. The third kappa shape index (κ3) is 3.94. The van der Waals surface area contributed by atoms with Gasteiger partial charge in [-0.25, -0.2) is 8.42 Å². The summed E-state index contributed by atoms with van der Waals surface area (Å²) in [5, 5.41) is 14.9. The van der Waals surface area contributed by atoms with Gasteiger partial charge in [0.1, 0.15) is 0 Å². The Balaban J connectivity index is 0.000000130. The first-order valence-electron chi connectivity index (χ1n) is 11.4. The largest absolute Gasteiger partial charge is 0.307 e. The van der Waals surface area contributed by atoms with Crippen molar-refractivity contribution in [2.45, 2.75) is 89.3 Å². The molecule has 0 spiro atoms. The topological polar surface area (TPSA) is 93.8 Å². The highest BCUT2D eigenvalue weighted by molar-refractivity contribution is 7.90. The molecule has 0 bridgehead atoms. The predicted molar refractivity (Wildman–Crippen MR) is 114 cm³/mol. The molecule has 0 radical (unpaired) electrons. The van der Waals surface area contributed by atoms with Gasteiger partial charge >= 0.3 is 0 Å². The lowest BCUT2D eigenvalue weighted by molar-refractivity contribution is 0.418. The van der Waals surface area contributed by atoms with Crippen molar-refractivity contribution in [1.29, 1.82) is 0 Å². The minimum Gasteiger partial charge on any atom is -0.307 e. The summed E-state index contributed by atoms with van der Waals surface area (Å²) < 4.78 is 27.9. The third-order valence-corrected chi connectivity index (χ3v) is 9.02. The van der Waals surface area contributed by atoms with E-state index >= 15 is 0 Å². The number of rotatable bonds is 4. The minimum atomic E-state index is -3.24. The summed E-state index contributed by atoms with van der Waals surface area (Å²) in [7, 11) is -3.24. The van der Waals surface area contributed by atoms with Gasteiger partial charge in [0.2, 0.25) is 0 Å². The molecule has 0 aromatic carbocycles. The number of nitrogens with one attached hydrogen (secondary N) is 2. The fourth-order valence-electron chi connectivity index (χ4n) is 5.21. The lowest BCUT2D eigenvalue weighted by Gasteiger charge is -2.11. The molecular weight excluding hydrogens is 400 g/mol.